The molecule has 10 aromatic carbocycles. The second kappa shape index (κ2) is 13.0. The van der Waals surface area contributed by atoms with Crippen molar-refractivity contribution in [2.45, 2.75) is 0 Å². The zero-order valence-corrected chi connectivity index (χ0v) is 29.2. The van der Waals surface area contributed by atoms with Gasteiger partial charge >= 0.3 is 0 Å². The van der Waals surface area contributed by atoms with E-state index < -0.39 is 0 Å². The van der Waals surface area contributed by atoms with Crippen molar-refractivity contribution in [3.05, 3.63) is 212 Å². The van der Waals surface area contributed by atoms with E-state index in [0.29, 0.717) is 0 Å². The summed E-state index contributed by atoms with van der Waals surface area (Å²) in [5, 5.41) is 10.0. The molecular weight excluding hydrogens is 639 g/mol. The van der Waals surface area contributed by atoms with E-state index >= 15 is 0 Å². The molecule has 10 rings (SSSR count). The molecule has 0 spiro atoms. The largest absolute Gasteiger partial charge is 0.310 e. The highest BCUT2D eigenvalue weighted by Gasteiger charge is 2.18. The van der Waals surface area contributed by atoms with Crippen LogP contribution in [-0.2, 0) is 0 Å². The van der Waals surface area contributed by atoms with E-state index in [4.69, 9.17) is 0 Å². The third kappa shape index (κ3) is 5.42. The number of rotatable bonds is 6. The van der Waals surface area contributed by atoms with Crippen molar-refractivity contribution in [3.63, 3.8) is 0 Å². The number of anilines is 3. The summed E-state index contributed by atoms with van der Waals surface area (Å²) < 4.78 is 0. The van der Waals surface area contributed by atoms with Crippen LogP contribution < -0.4 is 4.90 Å². The maximum atomic E-state index is 2.41. The van der Waals surface area contributed by atoms with E-state index in [1.807, 2.05) is 0 Å². The lowest BCUT2D eigenvalue weighted by Gasteiger charge is -2.28. The number of nitrogens with zero attached hydrogens (tertiary/aromatic N) is 1. The lowest BCUT2D eigenvalue weighted by molar-refractivity contribution is 1.30. The van der Waals surface area contributed by atoms with Crippen LogP contribution in [0.5, 0.6) is 0 Å². The molecule has 0 heterocycles. The fourth-order valence-electron chi connectivity index (χ4n) is 8.14. The van der Waals surface area contributed by atoms with Crippen LogP contribution in [0, 0.1) is 0 Å². The minimum atomic E-state index is 1.11. The Morgan fingerprint density at radius 3 is 1.43 bits per heavy atom. The normalized spacial score (nSPS) is 11.4. The Kier molecular flexibility index (Phi) is 7.55. The molecule has 0 saturated heterocycles. The van der Waals surface area contributed by atoms with E-state index in [1.54, 1.807) is 0 Å². The predicted molar refractivity (Wildman–Crippen MR) is 227 cm³/mol. The Morgan fingerprint density at radius 2 is 0.698 bits per heavy atom. The Hall–Kier alpha value is -6.96. The SMILES string of the molecule is c1ccc(-c2cccc3c(N(c4ccc(-c5cccc6ccccc56)cc4)c4ccc(-c5cc6ccccc6c6ccccc56)cc4)cccc23)cc1. The molecule has 0 unspecified atom stereocenters. The topological polar surface area (TPSA) is 3.24 Å². The van der Waals surface area contributed by atoms with Gasteiger partial charge < -0.3 is 4.90 Å². The van der Waals surface area contributed by atoms with Gasteiger partial charge in [0.05, 0.1) is 5.69 Å². The molecule has 0 amide bonds. The van der Waals surface area contributed by atoms with E-state index in [9.17, 15) is 0 Å². The van der Waals surface area contributed by atoms with E-state index in [0.717, 1.165) is 17.1 Å². The second-order valence-electron chi connectivity index (χ2n) is 13.7. The fraction of sp³-hybridized carbons (Fsp3) is 0. The molecule has 10 aromatic rings. The molecule has 248 valence electrons. The van der Waals surface area contributed by atoms with Crippen molar-refractivity contribution >= 4 is 60.2 Å². The summed E-state index contributed by atoms with van der Waals surface area (Å²) in [5.41, 5.74) is 10.7. The van der Waals surface area contributed by atoms with Gasteiger partial charge in [0.2, 0.25) is 0 Å². The average Bonchev–Trinajstić information content (AvgIpc) is 3.24. The van der Waals surface area contributed by atoms with E-state index in [-0.39, 0.29) is 0 Å². The summed E-state index contributed by atoms with van der Waals surface area (Å²) in [6.45, 7) is 0. The van der Waals surface area contributed by atoms with Gasteiger partial charge in [-0.2, -0.15) is 0 Å². The maximum Gasteiger partial charge on any atom is 0.0540 e. The Morgan fingerprint density at radius 1 is 0.245 bits per heavy atom. The smallest absolute Gasteiger partial charge is 0.0540 e. The maximum absolute atomic E-state index is 2.41. The number of fused-ring (bicyclic) bond motifs is 5. The Labute approximate surface area is 309 Å². The molecule has 0 atom stereocenters. The molecule has 0 saturated carbocycles. The molecule has 0 fully saturated rings. The summed E-state index contributed by atoms with van der Waals surface area (Å²) >= 11 is 0. The van der Waals surface area contributed by atoms with Crippen molar-refractivity contribution in [1.29, 1.82) is 0 Å². The minimum Gasteiger partial charge on any atom is -0.310 e. The molecule has 0 N–H and O–H groups in total. The molecule has 0 radical (unpaired) electrons. The standard InChI is InChI=1S/C52H35N/c1-2-13-36(14-3-1)45-23-11-25-50-48(45)24-12-26-52(50)53(41-31-27-38(28-32-41)44-22-10-17-37-15-4-6-18-43(37)44)42-33-29-39(30-34-42)51-35-40-16-5-7-19-46(40)47-20-8-9-21-49(47)51/h1-35H. The molecule has 53 heavy (non-hydrogen) atoms. The molecule has 1 heteroatoms. The highest BCUT2D eigenvalue weighted by atomic mass is 15.1. The van der Waals surface area contributed by atoms with Gasteiger partial charge in [-0.25, -0.2) is 0 Å². The highest BCUT2D eigenvalue weighted by molar-refractivity contribution is 6.14. The van der Waals surface area contributed by atoms with Gasteiger partial charge in [0, 0.05) is 16.8 Å². The summed E-state index contributed by atoms with van der Waals surface area (Å²) in [7, 11) is 0. The lowest BCUT2D eigenvalue weighted by Crippen LogP contribution is -2.10. The zero-order chi connectivity index (χ0) is 35.1. The molecular formula is C52H35N. The van der Waals surface area contributed by atoms with Gasteiger partial charge in [0.1, 0.15) is 0 Å². The van der Waals surface area contributed by atoms with E-state index in [2.05, 4.69) is 217 Å². The average molecular weight is 674 g/mol. The van der Waals surface area contributed by atoms with Crippen LogP contribution >= 0.6 is 0 Å². The molecule has 1 nitrogen and oxygen atoms in total. The van der Waals surface area contributed by atoms with Crippen LogP contribution in [0.3, 0.4) is 0 Å². The molecule has 0 aliphatic carbocycles. The van der Waals surface area contributed by atoms with Crippen LogP contribution in [0.25, 0.3) is 76.5 Å². The first-order valence-electron chi connectivity index (χ1n) is 18.3. The molecule has 0 bridgehead atoms. The van der Waals surface area contributed by atoms with Crippen LogP contribution in [0.2, 0.25) is 0 Å². The molecule has 0 aliphatic heterocycles. The van der Waals surface area contributed by atoms with Crippen molar-refractivity contribution in [2.75, 3.05) is 4.90 Å². The quantitative estimate of drug-likeness (QED) is 0.159. The first kappa shape index (κ1) is 30.8. The summed E-state index contributed by atoms with van der Waals surface area (Å²) in [5.74, 6) is 0. The minimum absolute atomic E-state index is 1.11. The zero-order valence-electron chi connectivity index (χ0n) is 29.2. The highest BCUT2D eigenvalue weighted by Crippen LogP contribution is 2.43. The fourth-order valence-corrected chi connectivity index (χ4v) is 8.14. The van der Waals surface area contributed by atoms with Crippen molar-refractivity contribution in [1.82, 2.24) is 0 Å². The van der Waals surface area contributed by atoms with Gasteiger partial charge in [-0.1, -0.05) is 176 Å². The van der Waals surface area contributed by atoms with Crippen LogP contribution in [0.1, 0.15) is 0 Å². The first-order valence-corrected chi connectivity index (χ1v) is 18.3. The van der Waals surface area contributed by atoms with Gasteiger partial charge in [-0.05, 0) is 107 Å². The van der Waals surface area contributed by atoms with Crippen LogP contribution in [0.15, 0.2) is 212 Å². The summed E-state index contributed by atoms with van der Waals surface area (Å²) in [4.78, 5) is 2.41. The van der Waals surface area contributed by atoms with Gasteiger partial charge in [0.15, 0.2) is 0 Å². The molecule has 0 aliphatic rings. The number of benzene rings is 10. The number of hydrogen-bond acceptors (Lipinski definition) is 1. The summed E-state index contributed by atoms with van der Waals surface area (Å²) in [6.07, 6.45) is 0. The van der Waals surface area contributed by atoms with Crippen LogP contribution in [-0.4, -0.2) is 0 Å². The predicted octanol–water partition coefficient (Wildman–Crippen LogP) is 14.8. The van der Waals surface area contributed by atoms with E-state index in [1.165, 1.54) is 76.5 Å². The van der Waals surface area contributed by atoms with Gasteiger partial charge in [-0.3, -0.25) is 0 Å². The first-order chi connectivity index (χ1) is 26.3. The third-order valence-electron chi connectivity index (χ3n) is 10.7. The molecule has 0 aromatic heterocycles. The Balaban J connectivity index is 1.13. The Bertz CT molecular complexity index is 2920. The van der Waals surface area contributed by atoms with Crippen LogP contribution in [0.4, 0.5) is 17.1 Å². The third-order valence-corrected chi connectivity index (χ3v) is 10.7. The lowest BCUT2D eigenvalue weighted by atomic mass is 9.93. The second-order valence-corrected chi connectivity index (χ2v) is 13.7. The monoisotopic (exact) mass is 673 g/mol. The van der Waals surface area contributed by atoms with Crippen molar-refractivity contribution in [2.24, 2.45) is 0 Å². The number of hydrogen-bond donors (Lipinski definition) is 0. The van der Waals surface area contributed by atoms with Crippen molar-refractivity contribution in [3.8, 4) is 33.4 Å². The van der Waals surface area contributed by atoms with Gasteiger partial charge in [0.25, 0.3) is 0 Å². The van der Waals surface area contributed by atoms with Crippen molar-refractivity contribution < 1.29 is 0 Å². The summed E-state index contributed by atoms with van der Waals surface area (Å²) in [6, 6.07) is 77.2. The van der Waals surface area contributed by atoms with Gasteiger partial charge in [-0.15, -0.1) is 0 Å².